The second-order valence-electron chi connectivity index (χ2n) is 1.98. The Morgan fingerprint density at radius 2 is 2.09 bits per heavy atom. The van der Waals surface area contributed by atoms with Crippen LogP contribution in [0.2, 0.25) is 0 Å². The van der Waals surface area contributed by atoms with Crippen molar-refractivity contribution in [1.29, 1.82) is 0 Å². The molecule has 0 aliphatic carbocycles. The molecule has 0 spiro atoms. The van der Waals surface area contributed by atoms with Crippen molar-refractivity contribution in [1.82, 2.24) is 0 Å². The summed E-state index contributed by atoms with van der Waals surface area (Å²) in [4.78, 5) is 14.3. The Morgan fingerprint density at radius 1 is 1.55 bits per heavy atom. The first-order valence-corrected chi connectivity index (χ1v) is 4.05. The van der Waals surface area contributed by atoms with Crippen LogP contribution in [0.4, 0.5) is 0 Å². The summed E-state index contributed by atoms with van der Waals surface area (Å²) in [5.74, 6) is 0.0779. The third kappa shape index (κ3) is 4.97. The summed E-state index contributed by atoms with van der Waals surface area (Å²) in [5, 5.41) is -0.245. The van der Waals surface area contributed by atoms with Gasteiger partial charge in [-0.25, -0.2) is 0 Å². The van der Waals surface area contributed by atoms with Gasteiger partial charge in [0.15, 0.2) is 11.1 Å². The highest BCUT2D eigenvalue weighted by molar-refractivity contribution is 7.96. The molecule has 0 heterocycles. The highest BCUT2D eigenvalue weighted by atomic mass is 32.1. The summed E-state index contributed by atoms with van der Waals surface area (Å²) in [6.07, 6.45) is 0. The SMILES string of the molecule is NC(N)=NCC(CS)C(=O)S. The van der Waals surface area contributed by atoms with Gasteiger partial charge in [-0.05, 0) is 0 Å². The van der Waals surface area contributed by atoms with Gasteiger partial charge in [0.2, 0.25) is 0 Å². The minimum absolute atomic E-state index is 0.0219. The van der Waals surface area contributed by atoms with Gasteiger partial charge >= 0.3 is 0 Å². The molecule has 0 amide bonds. The van der Waals surface area contributed by atoms with Crippen LogP contribution in [0.3, 0.4) is 0 Å². The average Bonchev–Trinajstić information content (AvgIpc) is 1.87. The Bertz CT molecular complexity index is 167. The average molecular weight is 193 g/mol. The number of aliphatic imine (C=N–C) groups is 1. The maximum atomic E-state index is 10.7. The third-order valence-electron chi connectivity index (χ3n) is 1.06. The van der Waals surface area contributed by atoms with Crippen LogP contribution in [-0.2, 0) is 4.79 Å². The molecule has 0 saturated carbocycles. The van der Waals surface area contributed by atoms with Crippen molar-refractivity contribution in [3.63, 3.8) is 0 Å². The molecule has 11 heavy (non-hydrogen) atoms. The van der Waals surface area contributed by atoms with Crippen molar-refractivity contribution in [3.05, 3.63) is 0 Å². The quantitative estimate of drug-likeness (QED) is 0.270. The van der Waals surface area contributed by atoms with Crippen LogP contribution < -0.4 is 11.5 Å². The second kappa shape index (κ2) is 5.31. The van der Waals surface area contributed by atoms with Crippen LogP contribution in [0.5, 0.6) is 0 Å². The molecule has 0 aliphatic heterocycles. The van der Waals surface area contributed by atoms with Crippen molar-refractivity contribution >= 4 is 36.3 Å². The number of thiol groups is 2. The van der Waals surface area contributed by atoms with Crippen molar-refractivity contribution < 1.29 is 4.79 Å². The molecule has 0 radical (unpaired) electrons. The lowest BCUT2D eigenvalue weighted by Gasteiger charge is -2.05. The summed E-state index contributed by atoms with van der Waals surface area (Å²) in [7, 11) is 0. The lowest BCUT2D eigenvalue weighted by molar-refractivity contribution is -0.113. The van der Waals surface area contributed by atoms with Gasteiger partial charge in [0.25, 0.3) is 0 Å². The number of rotatable bonds is 4. The van der Waals surface area contributed by atoms with Crippen LogP contribution in [0.1, 0.15) is 0 Å². The Labute approximate surface area is 76.2 Å². The fourth-order valence-corrected chi connectivity index (χ4v) is 1.03. The zero-order chi connectivity index (χ0) is 8.85. The molecule has 64 valence electrons. The van der Waals surface area contributed by atoms with E-state index >= 15 is 0 Å². The molecule has 1 atom stereocenters. The number of guanidine groups is 1. The molecular weight excluding hydrogens is 182 g/mol. The summed E-state index contributed by atoms with van der Waals surface area (Å²) in [5.41, 5.74) is 10.1. The maximum Gasteiger partial charge on any atom is 0.191 e. The van der Waals surface area contributed by atoms with Gasteiger partial charge in [0.1, 0.15) is 0 Å². The van der Waals surface area contributed by atoms with Crippen molar-refractivity contribution in [2.24, 2.45) is 22.4 Å². The van der Waals surface area contributed by atoms with E-state index in [4.69, 9.17) is 11.5 Å². The molecule has 0 bridgehead atoms. The topological polar surface area (TPSA) is 81.5 Å². The maximum absolute atomic E-state index is 10.7. The van der Waals surface area contributed by atoms with E-state index in [1.54, 1.807) is 0 Å². The van der Waals surface area contributed by atoms with E-state index in [-0.39, 0.29) is 23.5 Å². The normalized spacial score (nSPS) is 12.2. The summed E-state index contributed by atoms with van der Waals surface area (Å²) in [6, 6.07) is 0. The predicted octanol–water partition coefficient (Wildman–Crippen LogP) is -0.738. The van der Waals surface area contributed by atoms with Gasteiger partial charge in [0, 0.05) is 5.75 Å². The van der Waals surface area contributed by atoms with Crippen molar-refractivity contribution in [2.45, 2.75) is 0 Å². The summed E-state index contributed by atoms with van der Waals surface area (Å²) >= 11 is 7.57. The number of carbonyl (C=O) groups is 1. The van der Waals surface area contributed by atoms with Crippen molar-refractivity contribution in [2.75, 3.05) is 12.3 Å². The standard InChI is InChI=1S/C5H11N3OS2/c6-5(7)8-1-3(2-10)4(9)11/h3,10H,1-2H2,(H,9,11)(H4,6,7,8). The highest BCUT2D eigenvalue weighted by Gasteiger charge is 2.11. The molecule has 0 aromatic carbocycles. The van der Waals surface area contributed by atoms with E-state index in [9.17, 15) is 4.79 Å². The zero-order valence-corrected chi connectivity index (χ0v) is 7.69. The molecule has 0 aliphatic rings. The molecule has 0 fully saturated rings. The van der Waals surface area contributed by atoms with E-state index in [2.05, 4.69) is 30.2 Å². The predicted molar refractivity (Wildman–Crippen MR) is 52.0 cm³/mol. The van der Waals surface area contributed by atoms with Gasteiger partial charge in [-0.1, -0.05) is 0 Å². The Hall–Kier alpha value is -0.360. The number of hydrogen-bond acceptors (Lipinski definition) is 3. The lowest BCUT2D eigenvalue weighted by atomic mass is 10.2. The second-order valence-corrected chi connectivity index (χ2v) is 2.79. The molecule has 4 nitrogen and oxygen atoms in total. The Balaban J connectivity index is 3.89. The van der Waals surface area contributed by atoms with Crippen LogP contribution >= 0.6 is 25.3 Å². The summed E-state index contributed by atoms with van der Waals surface area (Å²) in [6.45, 7) is 0.258. The van der Waals surface area contributed by atoms with Gasteiger partial charge in [-0.15, -0.1) is 12.6 Å². The van der Waals surface area contributed by atoms with Crippen molar-refractivity contribution in [3.8, 4) is 0 Å². The fraction of sp³-hybridized carbons (Fsp3) is 0.600. The first-order valence-electron chi connectivity index (χ1n) is 2.97. The fourth-order valence-electron chi connectivity index (χ4n) is 0.430. The third-order valence-corrected chi connectivity index (χ3v) is 1.87. The molecular formula is C5H11N3OS2. The van der Waals surface area contributed by atoms with Gasteiger partial charge < -0.3 is 11.5 Å². The molecule has 0 aromatic heterocycles. The molecule has 0 aromatic rings. The number of carbonyl (C=O) groups excluding carboxylic acids is 1. The summed E-state index contributed by atoms with van der Waals surface area (Å²) < 4.78 is 0. The Morgan fingerprint density at radius 3 is 2.36 bits per heavy atom. The zero-order valence-electron chi connectivity index (χ0n) is 5.90. The molecule has 6 heteroatoms. The Kier molecular flexibility index (Phi) is 5.14. The number of nitrogens with two attached hydrogens (primary N) is 2. The van der Waals surface area contributed by atoms with Gasteiger partial charge in [-0.2, -0.15) is 12.6 Å². The largest absolute Gasteiger partial charge is 0.370 e. The first-order chi connectivity index (χ1) is 5.07. The smallest absolute Gasteiger partial charge is 0.191 e. The van der Waals surface area contributed by atoms with E-state index in [1.807, 2.05) is 0 Å². The highest BCUT2D eigenvalue weighted by Crippen LogP contribution is 2.04. The van der Waals surface area contributed by atoms with E-state index in [1.165, 1.54) is 0 Å². The van der Waals surface area contributed by atoms with E-state index < -0.39 is 0 Å². The lowest BCUT2D eigenvalue weighted by Crippen LogP contribution is -2.25. The van der Waals surface area contributed by atoms with Crippen LogP contribution in [0.25, 0.3) is 0 Å². The van der Waals surface area contributed by atoms with Gasteiger partial charge in [0.05, 0.1) is 12.5 Å². The molecule has 0 rings (SSSR count). The van der Waals surface area contributed by atoms with E-state index in [0.717, 1.165) is 0 Å². The monoisotopic (exact) mass is 193 g/mol. The minimum atomic E-state index is -0.302. The number of hydrogen-bond donors (Lipinski definition) is 4. The molecule has 1 unspecified atom stereocenters. The molecule has 0 saturated heterocycles. The molecule has 4 N–H and O–H groups in total. The first kappa shape index (κ1) is 10.6. The van der Waals surface area contributed by atoms with Crippen LogP contribution in [0, 0.1) is 5.92 Å². The van der Waals surface area contributed by atoms with E-state index in [0.29, 0.717) is 5.75 Å². The minimum Gasteiger partial charge on any atom is -0.370 e. The van der Waals surface area contributed by atoms with Crippen LogP contribution in [0.15, 0.2) is 4.99 Å². The number of nitrogens with zero attached hydrogens (tertiary/aromatic N) is 1. The van der Waals surface area contributed by atoms with Crippen LogP contribution in [-0.4, -0.2) is 23.4 Å². The van der Waals surface area contributed by atoms with Gasteiger partial charge in [-0.3, -0.25) is 9.79 Å².